The Balaban J connectivity index is 1.81. The number of carbonyl (C=O) groups is 1. The van der Waals surface area contributed by atoms with E-state index in [1.165, 1.54) is 0 Å². The van der Waals surface area contributed by atoms with Crippen molar-refractivity contribution in [3.63, 3.8) is 0 Å². The van der Waals surface area contributed by atoms with Crippen molar-refractivity contribution < 1.29 is 9.63 Å². The van der Waals surface area contributed by atoms with Gasteiger partial charge in [0, 0.05) is 4.90 Å². The highest BCUT2D eigenvalue weighted by Crippen LogP contribution is 2.24. The van der Waals surface area contributed by atoms with Gasteiger partial charge in [0.05, 0.1) is 11.9 Å². The van der Waals surface area contributed by atoms with Crippen molar-refractivity contribution in [3.05, 3.63) is 60.2 Å². The molecule has 0 unspecified atom stereocenters. The van der Waals surface area contributed by atoms with Gasteiger partial charge in [-0.2, -0.15) is 0 Å². The molecular formula is C16H16N2O2S. The molecule has 5 heteroatoms. The van der Waals surface area contributed by atoms with Crippen LogP contribution in [0.4, 0.5) is 5.69 Å². The summed E-state index contributed by atoms with van der Waals surface area (Å²) >= 11 is 1.58. The summed E-state index contributed by atoms with van der Waals surface area (Å²) < 4.78 is 0. The number of nitrogens with zero attached hydrogens (tertiary/aromatic N) is 1. The number of nitrogens with one attached hydrogen (secondary N) is 1. The zero-order chi connectivity index (χ0) is 14.9. The van der Waals surface area contributed by atoms with Gasteiger partial charge >= 0.3 is 0 Å². The van der Waals surface area contributed by atoms with Crippen LogP contribution in [0.3, 0.4) is 0 Å². The Morgan fingerprint density at radius 2 is 1.90 bits per heavy atom. The highest BCUT2D eigenvalue weighted by molar-refractivity contribution is 7.98. The van der Waals surface area contributed by atoms with Gasteiger partial charge in [-0.15, -0.1) is 11.8 Å². The van der Waals surface area contributed by atoms with Gasteiger partial charge < -0.3 is 10.2 Å². The normalized spacial score (nSPS) is 10.5. The predicted octanol–water partition coefficient (Wildman–Crippen LogP) is 3.40. The molecule has 2 rings (SSSR count). The van der Waals surface area contributed by atoms with Crippen LogP contribution in [0, 0.1) is 0 Å². The lowest BCUT2D eigenvalue weighted by Crippen LogP contribution is -2.17. The van der Waals surface area contributed by atoms with Gasteiger partial charge in [-0.25, -0.2) is 0 Å². The molecule has 0 bridgehead atoms. The molecule has 2 aromatic rings. The van der Waals surface area contributed by atoms with Crippen LogP contribution in [0.5, 0.6) is 0 Å². The Kier molecular flexibility index (Phi) is 5.84. The van der Waals surface area contributed by atoms with Gasteiger partial charge in [-0.1, -0.05) is 47.6 Å². The lowest BCUT2D eigenvalue weighted by molar-refractivity contribution is -0.120. The average Bonchev–Trinajstić information content (AvgIpc) is 2.53. The summed E-state index contributed by atoms with van der Waals surface area (Å²) in [6, 6.07) is 17.2. The van der Waals surface area contributed by atoms with Gasteiger partial charge in [0.2, 0.25) is 0 Å². The molecular weight excluding hydrogens is 284 g/mol. The minimum absolute atomic E-state index is 0.119. The van der Waals surface area contributed by atoms with Gasteiger partial charge in [0.15, 0.2) is 6.61 Å². The Morgan fingerprint density at radius 3 is 2.67 bits per heavy atom. The summed E-state index contributed by atoms with van der Waals surface area (Å²) in [5.41, 5.74) is 1.70. The Bertz CT molecular complexity index is 615. The number of hydrogen-bond acceptors (Lipinski definition) is 4. The van der Waals surface area contributed by atoms with Crippen molar-refractivity contribution in [1.82, 2.24) is 0 Å². The fraction of sp³-hybridized carbons (Fsp3) is 0.125. The molecule has 0 aliphatic heterocycles. The van der Waals surface area contributed by atoms with Gasteiger partial charge in [0.1, 0.15) is 0 Å². The van der Waals surface area contributed by atoms with E-state index in [0.29, 0.717) is 0 Å². The molecule has 4 nitrogen and oxygen atoms in total. The number of para-hydroxylation sites is 1. The number of rotatable bonds is 6. The van der Waals surface area contributed by atoms with E-state index in [2.05, 4.69) is 10.5 Å². The SMILES string of the molecule is CSc1ccccc1NC(=O)CO/N=C/c1ccccc1. The molecule has 0 aromatic heterocycles. The topological polar surface area (TPSA) is 50.7 Å². The minimum Gasteiger partial charge on any atom is -0.386 e. The summed E-state index contributed by atoms with van der Waals surface area (Å²) in [4.78, 5) is 17.8. The molecule has 0 saturated heterocycles. The van der Waals surface area contributed by atoms with E-state index in [4.69, 9.17) is 4.84 Å². The van der Waals surface area contributed by atoms with Crippen LogP contribution in [0.15, 0.2) is 64.6 Å². The van der Waals surface area contributed by atoms with E-state index < -0.39 is 0 Å². The fourth-order valence-corrected chi connectivity index (χ4v) is 2.22. The summed E-state index contributed by atoms with van der Waals surface area (Å²) in [5.74, 6) is -0.235. The second kappa shape index (κ2) is 8.11. The van der Waals surface area contributed by atoms with Crippen molar-refractivity contribution in [2.24, 2.45) is 5.16 Å². The summed E-state index contributed by atoms with van der Waals surface area (Å²) in [5, 5.41) is 6.58. The molecule has 0 spiro atoms. The average molecular weight is 300 g/mol. The van der Waals surface area contributed by atoms with Crippen LogP contribution in [0.25, 0.3) is 0 Å². The maximum absolute atomic E-state index is 11.8. The second-order valence-corrected chi connectivity index (χ2v) is 5.02. The molecule has 0 atom stereocenters. The van der Waals surface area contributed by atoms with Gasteiger partial charge in [-0.3, -0.25) is 4.79 Å². The predicted molar refractivity (Wildman–Crippen MR) is 86.8 cm³/mol. The van der Waals surface area contributed by atoms with E-state index >= 15 is 0 Å². The van der Waals surface area contributed by atoms with E-state index in [9.17, 15) is 4.79 Å². The highest BCUT2D eigenvalue weighted by atomic mass is 32.2. The summed E-state index contributed by atoms with van der Waals surface area (Å²) in [7, 11) is 0. The molecule has 1 N–H and O–H groups in total. The first kappa shape index (κ1) is 15.1. The molecule has 21 heavy (non-hydrogen) atoms. The number of benzene rings is 2. The van der Waals surface area contributed by atoms with Crippen molar-refractivity contribution >= 4 is 29.6 Å². The molecule has 0 saturated carbocycles. The molecule has 0 radical (unpaired) electrons. The quantitative estimate of drug-likeness (QED) is 0.505. The number of hydrogen-bond donors (Lipinski definition) is 1. The minimum atomic E-state index is -0.235. The lowest BCUT2D eigenvalue weighted by Gasteiger charge is -2.08. The van der Waals surface area contributed by atoms with Gasteiger partial charge in [-0.05, 0) is 24.0 Å². The third kappa shape index (κ3) is 4.96. The third-order valence-corrected chi connectivity index (χ3v) is 3.45. The van der Waals surface area contributed by atoms with E-state index in [1.807, 2.05) is 60.9 Å². The molecule has 0 heterocycles. The van der Waals surface area contributed by atoms with E-state index in [1.54, 1.807) is 18.0 Å². The maximum atomic E-state index is 11.8. The van der Waals surface area contributed by atoms with Crippen molar-refractivity contribution in [1.29, 1.82) is 0 Å². The third-order valence-electron chi connectivity index (χ3n) is 2.65. The first-order valence-corrected chi connectivity index (χ1v) is 7.65. The molecule has 108 valence electrons. The monoisotopic (exact) mass is 300 g/mol. The Hall–Kier alpha value is -2.27. The second-order valence-electron chi connectivity index (χ2n) is 4.17. The number of thioether (sulfide) groups is 1. The van der Waals surface area contributed by atoms with Crippen LogP contribution >= 0.6 is 11.8 Å². The van der Waals surface area contributed by atoms with Crippen LogP contribution in [-0.2, 0) is 9.63 Å². The van der Waals surface area contributed by atoms with E-state index in [-0.39, 0.29) is 12.5 Å². The molecule has 0 aliphatic carbocycles. The number of anilines is 1. The standard InChI is InChI=1S/C16H16N2O2S/c1-21-15-10-6-5-9-14(15)18-16(19)12-20-17-11-13-7-3-2-4-8-13/h2-11H,12H2,1H3,(H,18,19)/b17-11+. The van der Waals surface area contributed by atoms with Crippen LogP contribution in [-0.4, -0.2) is 25.0 Å². The first-order chi connectivity index (χ1) is 10.3. The number of amides is 1. The first-order valence-electron chi connectivity index (χ1n) is 6.43. The maximum Gasteiger partial charge on any atom is 0.265 e. The van der Waals surface area contributed by atoms with Crippen LogP contribution in [0.1, 0.15) is 5.56 Å². The molecule has 0 fully saturated rings. The highest BCUT2D eigenvalue weighted by Gasteiger charge is 2.05. The van der Waals surface area contributed by atoms with Crippen LogP contribution < -0.4 is 5.32 Å². The zero-order valence-electron chi connectivity index (χ0n) is 11.7. The molecule has 1 amide bonds. The summed E-state index contributed by atoms with van der Waals surface area (Å²) in [6.07, 6.45) is 3.54. The van der Waals surface area contributed by atoms with E-state index in [0.717, 1.165) is 16.1 Å². The van der Waals surface area contributed by atoms with Gasteiger partial charge in [0.25, 0.3) is 5.91 Å². The van der Waals surface area contributed by atoms with Crippen molar-refractivity contribution in [3.8, 4) is 0 Å². The Morgan fingerprint density at radius 1 is 1.19 bits per heavy atom. The molecule has 2 aromatic carbocycles. The fourth-order valence-electron chi connectivity index (χ4n) is 1.67. The van der Waals surface area contributed by atoms with Crippen molar-refractivity contribution in [2.75, 3.05) is 18.2 Å². The van der Waals surface area contributed by atoms with Crippen molar-refractivity contribution in [2.45, 2.75) is 4.90 Å². The Labute approximate surface area is 128 Å². The zero-order valence-corrected chi connectivity index (χ0v) is 12.5. The number of oxime groups is 1. The summed E-state index contributed by atoms with van der Waals surface area (Å²) in [6.45, 7) is -0.119. The smallest absolute Gasteiger partial charge is 0.265 e. The lowest BCUT2D eigenvalue weighted by atomic mass is 10.2. The molecule has 0 aliphatic rings. The number of carbonyl (C=O) groups excluding carboxylic acids is 1. The largest absolute Gasteiger partial charge is 0.386 e. The van der Waals surface area contributed by atoms with Crippen LogP contribution in [0.2, 0.25) is 0 Å².